The van der Waals surface area contributed by atoms with Crippen LogP contribution in [0, 0.1) is 5.92 Å². The van der Waals surface area contributed by atoms with Crippen LogP contribution in [0.2, 0.25) is 0 Å². The molecule has 0 aromatic carbocycles. The Morgan fingerprint density at radius 2 is 2.10 bits per heavy atom. The third-order valence-corrected chi connectivity index (χ3v) is 6.32. The molecule has 1 aromatic rings. The maximum absolute atomic E-state index is 6.34. The summed E-state index contributed by atoms with van der Waals surface area (Å²) in [5.41, 5.74) is 0.0216. The fraction of sp³-hybridized carbons (Fsp3) is 0.765. The number of hydrogen-bond acceptors (Lipinski definition) is 3. The van der Waals surface area contributed by atoms with Gasteiger partial charge in [-0.2, -0.15) is 0 Å². The van der Waals surface area contributed by atoms with E-state index < -0.39 is 0 Å². The van der Waals surface area contributed by atoms with Crippen LogP contribution >= 0.6 is 27.3 Å². The molecule has 120 valence electrons. The van der Waals surface area contributed by atoms with Crippen molar-refractivity contribution in [3.63, 3.8) is 0 Å². The van der Waals surface area contributed by atoms with Crippen LogP contribution in [0.1, 0.15) is 51.3 Å². The molecule has 0 aliphatic heterocycles. The van der Waals surface area contributed by atoms with Crippen LogP contribution in [0.4, 0.5) is 0 Å². The van der Waals surface area contributed by atoms with Gasteiger partial charge in [0.2, 0.25) is 0 Å². The van der Waals surface area contributed by atoms with Crippen molar-refractivity contribution < 1.29 is 4.74 Å². The van der Waals surface area contributed by atoms with E-state index in [4.69, 9.17) is 4.74 Å². The van der Waals surface area contributed by atoms with Gasteiger partial charge in [0.15, 0.2) is 0 Å². The average Bonchev–Trinajstić information content (AvgIpc) is 2.87. The third-order valence-electron chi connectivity index (χ3n) is 4.67. The molecule has 1 aliphatic rings. The van der Waals surface area contributed by atoms with Crippen LogP contribution < -0.4 is 5.32 Å². The second-order valence-electron chi connectivity index (χ2n) is 6.20. The third kappa shape index (κ3) is 4.54. The van der Waals surface area contributed by atoms with Gasteiger partial charge in [-0.1, -0.05) is 13.8 Å². The van der Waals surface area contributed by atoms with Crippen molar-refractivity contribution in [1.82, 2.24) is 5.32 Å². The predicted molar refractivity (Wildman–Crippen MR) is 95.2 cm³/mol. The molecule has 1 aromatic heterocycles. The summed E-state index contributed by atoms with van der Waals surface area (Å²) in [6.45, 7) is 8.51. The summed E-state index contributed by atoms with van der Waals surface area (Å²) >= 11 is 5.42. The Morgan fingerprint density at radius 1 is 1.38 bits per heavy atom. The average molecular weight is 374 g/mol. The zero-order chi connectivity index (χ0) is 15.3. The van der Waals surface area contributed by atoms with Gasteiger partial charge >= 0.3 is 0 Å². The van der Waals surface area contributed by atoms with Crippen molar-refractivity contribution >= 4 is 27.3 Å². The molecule has 0 spiro atoms. The normalized spacial score (nSPS) is 27.7. The van der Waals surface area contributed by atoms with E-state index in [1.807, 2.05) is 11.3 Å². The van der Waals surface area contributed by atoms with Crippen LogP contribution in [-0.2, 0) is 11.2 Å². The van der Waals surface area contributed by atoms with Gasteiger partial charge in [-0.3, -0.25) is 0 Å². The van der Waals surface area contributed by atoms with Gasteiger partial charge in [-0.15, -0.1) is 11.3 Å². The summed E-state index contributed by atoms with van der Waals surface area (Å²) in [6, 6.07) is 4.81. The maximum atomic E-state index is 6.34. The van der Waals surface area contributed by atoms with Crippen LogP contribution in [0.3, 0.4) is 0 Å². The van der Waals surface area contributed by atoms with Crippen LogP contribution in [-0.4, -0.2) is 24.8 Å². The largest absolute Gasteiger partial charge is 0.374 e. The fourth-order valence-electron chi connectivity index (χ4n) is 3.48. The highest BCUT2D eigenvalue weighted by Gasteiger charge is 2.41. The fourth-order valence-corrected chi connectivity index (χ4v) is 5.01. The zero-order valence-electron chi connectivity index (χ0n) is 13.5. The Labute approximate surface area is 141 Å². The summed E-state index contributed by atoms with van der Waals surface area (Å²) in [7, 11) is 0. The molecule has 0 saturated heterocycles. The molecule has 21 heavy (non-hydrogen) atoms. The van der Waals surface area contributed by atoms with E-state index in [9.17, 15) is 0 Å². The Bertz CT molecular complexity index is 426. The number of hydrogen-bond donors (Lipinski definition) is 1. The van der Waals surface area contributed by atoms with Crippen molar-refractivity contribution in [2.45, 2.75) is 64.5 Å². The minimum Gasteiger partial charge on any atom is -0.374 e. The Hall–Kier alpha value is 0.1000. The van der Waals surface area contributed by atoms with E-state index in [0.717, 1.165) is 25.5 Å². The first-order chi connectivity index (χ1) is 10.1. The van der Waals surface area contributed by atoms with Gasteiger partial charge in [-0.05, 0) is 79.6 Å². The summed E-state index contributed by atoms with van der Waals surface area (Å²) in [6.07, 6.45) is 6.02. The van der Waals surface area contributed by atoms with E-state index in [0.29, 0.717) is 6.04 Å². The van der Waals surface area contributed by atoms with E-state index in [1.54, 1.807) is 0 Å². The Balaban J connectivity index is 2.15. The molecule has 0 radical (unpaired) electrons. The summed E-state index contributed by atoms with van der Waals surface area (Å²) in [5, 5.41) is 3.72. The smallest absolute Gasteiger partial charge is 0.0838 e. The lowest BCUT2D eigenvalue weighted by Gasteiger charge is -2.45. The van der Waals surface area contributed by atoms with Crippen molar-refractivity contribution in [3.05, 3.63) is 20.8 Å². The molecule has 1 saturated carbocycles. The highest BCUT2D eigenvalue weighted by Crippen LogP contribution is 2.39. The van der Waals surface area contributed by atoms with E-state index in [2.05, 4.69) is 54.2 Å². The van der Waals surface area contributed by atoms with Gasteiger partial charge in [0.1, 0.15) is 0 Å². The molecule has 1 aliphatic carbocycles. The highest BCUT2D eigenvalue weighted by atomic mass is 79.9. The van der Waals surface area contributed by atoms with E-state index in [-0.39, 0.29) is 5.60 Å². The van der Waals surface area contributed by atoms with Crippen molar-refractivity contribution in [1.29, 1.82) is 0 Å². The van der Waals surface area contributed by atoms with Crippen molar-refractivity contribution in [2.24, 2.45) is 5.92 Å². The zero-order valence-corrected chi connectivity index (χ0v) is 15.9. The van der Waals surface area contributed by atoms with Crippen LogP contribution in [0.5, 0.6) is 0 Å². The minimum atomic E-state index is 0.0216. The van der Waals surface area contributed by atoms with Crippen LogP contribution in [0.25, 0.3) is 0 Å². The van der Waals surface area contributed by atoms with Gasteiger partial charge in [-0.25, -0.2) is 0 Å². The number of halogens is 1. The summed E-state index contributed by atoms with van der Waals surface area (Å²) < 4.78 is 7.56. The molecule has 1 N–H and O–H groups in total. The standard InChI is InChI=1S/C17H28BrNOS/c1-4-19-15(12-14-6-7-16(18)21-14)17(20-5-2)10-8-13(3)9-11-17/h6-7,13,15,19H,4-5,8-12H2,1-3H3. The number of rotatable bonds is 7. The molecule has 0 bridgehead atoms. The molecule has 1 heterocycles. The van der Waals surface area contributed by atoms with Gasteiger partial charge in [0, 0.05) is 17.5 Å². The van der Waals surface area contributed by atoms with Crippen LogP contribution in [0.15, 0.2) is 15.9 Å². The Morgan fingerprint density at radius 3 is 2.62 bits per heavy atom. The van der Waals surface area contributed by atoms with E-state index in [1.165, 1.54) is 34.3 Å². The molecule has 2 nitrogen and oxygen atoms in total. The quantitative estimate of drug-likeness (QED) is 0.724. The molecule has 1 fully saturated rings. The Kier molecular flexibility index (Phi) is 6.73. The first-order valence-electron chi connectivity index (χ1n) is 8.21. The van der Waals surface area contributed by atoms with Gasteiger partial charge in [0.05, 0.1) is 9.39 Å². The predicted octanol–water partition coefficient (Wildman–Crippen LogP) is 5.02. The number of likely N-dealkylation sites (N-methyl/N-ethyl adjacent to an activating group) is 1. The monoisotopic (exact) mass is 373 g/mol. The van der Waals surface area contributed by atoms with Gasteiger partial charge in [0.25, 0.3) is 0 Å². The van der Waals surface area contributed by atoms with Gasteiger partial charge < -0.3 is 10.1 Å². The SMILES string of the molecule is CCNC(Cc1ccc(Br)s1)C1(OCC)CCC(C)CC1. The lowest BCUT2D eigenvalue weighted by Crippen LogP contribution is -2.55. The summed E-state index contributed by atoms with van der Waals surface area (Å²) in [4.78, 5) is 1.44. The number of nitrogens with one attached hydrogen (secondary N) is 1. The molecule has 0 amide bonds. The lowest BCUT2D eigenvalue weighted by atomic mass is 9.74. The molecular formula is C17H28BrNOS. The number of thiophene rings is 1. The lowest BCUT2D eigenvalue weighted by molar-refractivity contribution is -0.0956. The van der Waals surface area contributed by atoms with E-state index >= 15 is 0 Å². The second kappa shape index (κ2) is 8.09. The van der Waals surface area contributed by atoms with Crippen molar-refractivity contribution in [3.8, 4) is 0 Å². The topological polar surface area (TPSA) is 21.3 Å². The number of ether oxygens (including phenoxy) is 1. The maximum Gasteiger partial charge on any atom is 0.0838 e. The molecule has 1 unspecified atom stereocenters. The highest BCUT2D eigenvalue weighted by molar-refractivity contribution is 9.11. The molecule has 2 rings (SSSR count). The summed E-state index contributed by atoms with van der Waals surface area (Å²) in [5.74, 6) is 0.844. The molecule has 4 heteroatoms. The molecule has 1 atom stereocenters. The molecular weight excluding hydrogens is 346 g/mol. The van der Waals surface area contributed by atoms with Crippen molar-refractivity contribution in [2.75, 3.05) is 13.2 Å². The minimum absolute atomic E-state index is 0.0216. The first kappa shape index (κ1) is 17.5. The second-order valence-corrected chi connectivity index (χ2v) is 8.75. The first-order valence-corrected chi connectivity index (χ1v) is 9.82.